The van der Waals surface area contributed by atoms with Crippen molar-refractivity contribution in [2.45, 2.75) is 20.1 Å². The molecule has 0 fully saturated rings. The van der Waals surface area contributed by atoms with Crippen LogP contribution in [0.4, 0.5) is 5.69 Å². The molecule has 4 rings (SSSR count). The SMILES string of the molecule is Cc1ccc(NCc2ccc(OCc3cccc4ccccc34)c(Cl)c2)cc1. The van der Waals surface area contributed by atoms with Crippen LogP contribution >= 0.6 is 11.6 Å². The van der Waals surface area contributed by atoms with Gasteiger partial charge in [0, 0.05) is 12.2 Å². The Bertz CT molecular complexity index is 1080. The van der Waals surface area contributed by atoms with Gasteiger partial charge >= 0.3 is 0 Å². The third-order valence-corrected chi connectivity index (χ3v) is 5.10. The molecule has 0 aliphatic rings. The number of aryl methyl sites for hydroxylation is 1. The molecule has 0 aliphatic heterocycles. The van der Waals surface area contributed by atoms with Gasteiger partial charge in [0.25, 0.3) is 0 Å². The van der Waals surface area contributed by atoms with Gasteiger partial charge in [-0.25, -0.2) is 0 Å². The minimum Gasteiger partial charge on any atom is -0.487 e. The number of nitrogens with one attached hydrogen (secondary N) is 1. The summed E-state index contributed by atoms with van der Waals surface area (Å²) in [6.45, 7) is 3.29. The summed E-state index contributed by atoms with van der Waals surface area (Å²) in [7, 11) is 0. The molecule has 4 aromatic carbocycles. The highest BCUT2D eigenvalue weighted by Gasteiger charge is 2.06. The maximum Gasteiger partial charge on any atom is 0.138 e. The highest BCUT2D eigenvalue weighted by atomic mass is 35.5. The molecular weight excluding hydrogens is 366 g/mol. The molecule has 0 saturated carbocycles. The van der Waals surface area contributed by atoms with Gasteiger partial charge < -0.3 is 10.1 Å². The van der Waals surface area contributed by atoms with Gasteiger partial charge in [0.05, 0.1) is 5.02 Å². The average molecular weight is 388 g/mol. The normalized spacial score (nSPS) is 10.8. The van der Waals surface area contributed by atoms with E-state index in [-0.39, 0.29) is 0 Å². The van der Waals surface area contributed by atoms with Crippen molar-refractivity contribution in [3.63, 3.8) is 0 Å². The lowest BCUT2D eigenvalue weighted by Crippen LogP contribution is -2.01. The van der Waals surface area contributed by atoms with Crippen LogP contribution in [0.3, 0.4) is 0 Å². The summed E-state index contributed by atoms with van der Waals surface area (Å²) in [5.74, 6) is 0.702. The van der Waals surface area contributed by atoms with Crippen molar-refractivity contribution in [1.82, 2.24) is 0 Å². The van der Waals surface area contributed by atoms with Gasteiger partial charge in [-0.3, -0.25) is 0 Å². The molecule has 0 bridgehead atoms. The van der Waals surface area contributed by atoms with Crippen molar-refractivity contribution in [3.8, 4) is 5.75 Å². The maximum absolute atomic E-state index is 6.46. The van der Waals surface area contributed by atoms with E-state index in [1.54, 1.807) is 0 Å². The van der Waals surface area contributed by atoms with E-state index in [2.05, 4.69) is 72.9 Å². The van der Waals surface area contributed by atoms with E-state index < -0.39 is 0 Å². The average Bonchev–Trinajstić information content (AvgIpc) is 2.73. The Balaban J connectivity index is 1.42. The summed E-state index contributed by atoms with van der Waals surface area (Å²) in [6, 6.07) is 28.9. The fourth-order valence-corrected chi connectivity index (χ4v) is 3.48. The minimum atomic E-state index is 0.488. The van der Waals surface area contributed by atoms with Crippen LogP contribution in [-0.4, -0.2) is 0 Å². The van der Waals surface area contributed by atoms with Gasteiger partial charge in [0.15, 0.2) is 0 Å². The molecular formula is C25H22ClNO. The smallest absolute Gasteiger partial charge is 0.138 e. The van der Waals surface area contributed by atoms with Gasteiger partial charge in [-0.2, -0.15) is 0 Å². The zero-order valence-corrected chi connectivity index (χ0v) is 16.5. The van der Waals surface area contributed by atoms with E-state index in [0.29, 0.717) is 23.9 Å². The van der Waals surface area contributed by atoms with Crippen LogP contribution in [0.25, 0.3) is 10.8 Å². The number of benzene rings is 4. The Morgan fingerprint density at radius 1 is 0.857 bits per heavy atom. The first-order valence-corrected chi connectivity index (χ1v) is 9.75. The Hall–Kier alpha value is -2.97. The summed E-state index contributed by atoms with van der Waals surface area (Å²) < 4.78 is 6.01. The first-order chi connectivity index (χ1) is 13.7. The fourth-order valence-electron chi connectivity index (χ4n) is 3.22. The first kappa shape index (κ1) is 18.4. The first-order valence-electron chi connectivity index (χ1n) is 9.37. The standard InChI is InChI=1S/C25H22ClNO/c1-18-9-12-22(13-10-18)27-16-19-11-14-25(24(26)15-19)28-17-21-7-4-6-20-5-2-3-8-23(20)21/h2-15,27H,16-17H2,1H3. The minimum absolute atomic E-state index is 0.488. The second kappa shape index (κ2) is 8.37. The maximum atomic E-state index is 6.46. The second-order valence-electron chi connectivity index (χ2n) is 6.91. The molecule has 2 nitrogen and oxygen atoms in total. The molecule has 1 N–H and O–H groups in total. The van der Waals surface area contributed by atoms with Crippen molar-refractivity contribution in [2.24, 2.45) is 0 Å². The second-order valence-corrected chi connectivity index (χ2v) is 7.32. The zero-order chi connectivity index (χ0) is 19.3. The summed E-state index contributed by atoms with van der Waals surface area (Å²) >= 11 is 6.46. The Morgan fingerprint density at radius 3 is 2.46 bits per heavy atom. The number of halogens is 1. The lowest BCUT2D eigenvalue weighted by molar-refractivity contribution is 0.308. The van der Waals surface area contributed by atoms with Gasteiger partial charge in [0.1, 0.15) is 12.4 Å². The third kappa shape index (κ3) is 4.29. The van der Waals surface area contributed by atoms with E-state index in [0.717, 1.165) is 16.8 Å². The van der Waals surface area contributed by atoms with Crippen LogP contribution in [0.1, 0.15) is 16.7 Å². The summed E-state index contributed by atoms with van der Waals surface area (Å²) in [5, 5.41) is 6.46. The van der Waals surface area contributed by atoms with E-state index in [1.165, 1.54) is 16.3 Å². The molecule has 0 aromatic heterocycles. The predicted octanol–water partition coefficient (Wildman–Crippen LogP) is 6.99. The molecule has 0 radical (unpaired) electrons. The van der Waals surface area contributed by atoms with Crippen LogP contribution in [0.2, 0.25) is 5.02 Å². The highest BCUT2D eigenvalue weighted by Crippen LogP contribution is 2.28. The topological polar surface area (TPSA) is 21.3 Å². The Kier molecular flexibility index (Phi) is 5.50. The van der Waals surface area contributed by atoms with E-state index >= 15 is 0 Å². The van der Waals surface area contributed by atoms with Crippen LogP contribution < -0.4 is 10.1 Å². The molecule has 0 aliphatic carbocycles. The predicted molar refractivity (Wildman–Crippen MR) is 118 cm³/mol. The molecule has 3 heteroatoms. The van der Waals surface area contributed by atoms with Gasteiger partial charge in [-0.1, -0.05) is 77.8 Å². The zero-order valence-electron chi connectivity index (χ0n) is 15.8. The fraction of sp³-hybridized carbons (Fsp3) is 0.120. The molecule has 28 heavy (non-hydrogen) atoms. The van der Waals surface area contributed by atoms with E-state index in [4.69, 9.17) is 16.3 Å². The Labute approximate surface area is 170 Å². The molecule has 4 aromatic rings. The summed E-state index contributed by atoms with van der Waals surface area (Å²) in [6.07, 6.45) is 0. The van der Waals surface area contributed by atoms with Gasteiger partial charge in [0.2, 0.25) is 0 Å². The molecule has 0 amide bonds. The number of fused-ring (bicyclic) bond motifs is 1. The molecule has 0 unspecified atom stereocenters. The lowest BCUT2D eigenvalue weighted by atomic mass is 10.1. The van der Waals surface area contributed by atoms with E-state index in [1.807, 2.05) is 24.3 Å². The van der Waals surface area contributed by atoms with Crippen molar-refractivity contribution in [3.05, 3.63) is 107 Å². The molecule has 140 valence electrons. The van der Waals surface area contributed by atoms with E-state index in [9.17, 15) is 0 Å². The van der Waals surface area contributed by atoms with Crippen molar-refractivity contribution < 1.29 is 4.74 Å². The molecule has 0 saturated heterocycles. The number of ether oxygens (including phenoxy) is 1. The monoisotopic (exact) mass is 387 g/mol. The highest BCUT2D eigenvalue weighted by molar-refractivity contribution is 6.32. The van der Waals surface area contributed by atoms with Crippen molar-refractivity contribution >= 4 is 28.1 Å². The third-order valence-electron chi connectivity index (χ3n) is 4.81. The number of hydrogen-bond donors (Lipinski definition) is 1. The lowest BCUT2D eigenvalue weighted by Gasteiger charge is -2.12. The van der Waals surface area contributed by atoms with Crippen molar-refractivity contribution in [1.29, 1.82) is 0 Å². The van der Waals surface area contributed by atoms with Gasteiger partial charge in [-0.05, 0) is 53.1 Å². The van der Waals surface area contributed by atoms with Crippen LogP contribution in [0.5, 0.6) is 5.75 Å². The largest absolute Gasteiger partial charge is 0.487 e. The molecule has 0 atom stereocenters. The number of anilines is 1. The van der Waals surface area contributed by atoms with Crippen LogP contribution in [0, 0.1) is 6.92 Å². The van der Waals surface area contributed by atoms with Gasteiger partial charge in [-0.15, -0.1) is 0 Å². The van der Waals surface area contributed by atoms with Crippen LogP contribution in [-0.2, 0) is 13.2 Å². The molecule has 0 heterocycles. The quantitative estimate of drug-likeness (QED) is 0.384. The number of rotatable bonds is 6. The Morgan fingerprint density at radius 2 is 1.64 bits per heavy atom. The number of hydrogen-bond acceptors (Lipinski definition) is 2. The molecule has 0 spiro atoms. The summed E-state index contributed by atoms with van der Waals surface area (Å²) in [5.41, 5.74) is 4.61. The van der Waals surface area contributed by atoms with Crippen LogP contribution in [0.15, 0.2) is 84.9 Å². The van der Waals surface area contributed by atoms with Crippen molar-refractivity contribution in [2.75, 3.05) is 5.32 Å². The summed E-state index contributed by atoms with van der Waals surface area (Å²) in [4.78, 5) is 0.